The first-order valence-corrected chi connectivity index (χ1v) is 6.50. The molecule has 0 spiro atoms. The van der Waals surface area contributed by atoms with Crippen molar-refractivity contribution in [2.45, 2.75) is 19.1 Å². The van der Waals surface area contributed by atoms with Gasteiger partial charge in [-0.25, -0.2) is 0 Å². The number of ether oxygens (including phenoxy) is 1. The third-order valence-corrected chi connectivity index (χ3v) is 3.50. The zero-order valence-electron chi connectivity index (χ0n) is 10.7. The van der Waals surface area contributed by atoms with Gasteiger partial charge in [0.15, 0.2) is 0 Å². The van der Waals surface area contributed by atoms with Crippen molar-refractivity contribution in [3.63, 3.8) is 0 Å². The van der Waals surface area contributed by atoms with Gasteiger partial charge >= 0.3 is 0 Å². The van der Waals surface area contributed by atoms with Crippen molar-refractivity contribution >= 4 is 23.2 Å². The van der Waals surface area contributed by atoms with Crippen LogP contribution in [0.15, 0.2) is 18.2 Å². The molecule has 2 atom stereocenters. The number of carbonyl (C=O) groups is 1. The Bertz CT molecular complexity index is 481. The van der Waals surface area contributed by atoms with Crippen LogP contribution in [0.25, 0.3) is 0 Å². The van der Waals surface area contributed by atoms with Crippen LogP contribution >= 0.6 is 11.6 Å². The van der Waals surface area contributed by atoms with E-state index in [0.717, 1.165) is 0 Å². The lowest BCUT2D eigenvalue weighted by molar-refractivity contribution is -0.0858. The quantitative estimate of drug-likeness (QED) is 0.799. The number of aliphatic hydroxyl groups is 1. The lowest BCUT2D eigenvalue weighted by Gasteiger charge is -2.36. The number of hydrogen-bond acceptors (Lipinski definition) is 4. The molecule has 0 bridgehead atoms. The van der Waals surface area contributed by atoms with E-state index in [4.69, 9.17) is 27.2 Å². The third-order valence-electron chi connectivity index (χ3n) is 3.08. The minimum atomic E-state index is -0.354. The SMILES string of the molecule is CC1CN(C(=O)c2cccc(N)c2Cl)CC(CO)O1. The van der Waals surface area contributed by atoms with E-state index < -0.39 is 0 Å². The molecule has 3 N–H and O–H groups in total. The predicted octanol–water partition coefficient (Wildman–Crippen LogP) is 1.14. The van der Waals surface area contributed by atoms with Crippen LogP contribution in [0.5, 0.6) is 0 Å². The number of halogens is 1. The number of nitrogen functional groups attached to an aromatic ring is 1. The number of amides is 1. The molecule has 1 aliphatic heterocycles. The topological polar surface area (TPSA) is 75.8 Å². The summed E-state index contributed by atoms with van der Waals surface area (Å²) in [7, 11) is 0. The molecule has 0 aliphatic carbocycles. The van der Waals surface area contributed by atoms with Crippen LogP contribution in [0.3, 0.4) is 0 Å². The molecule has 2 unspecified atom stereocenters. The summed E-state index contributed by atoms with van der Waals surface area (Å²) in [6, 6.07) is 4.99. The fraction of sp³-hybridized carbons (Fsp3) is 0.462. The Kier molecular flexibility index (Phi) is 4.29. The lowest BCUT2D eigenvalue weighted by atomic mass is 10.1. The Hall–Kier alpha value is -1.30. The van der Waals surface area contributed by atoms with E-state index in [1.807, 2.05) is 6.92 Å². The fourth-order valence-electron chi connectivity index (χ4n) is 2.20. The van der Waals surface area contributed by atoms with Crippen LogP contribution in [-0.4, -0.2) is 47.8 Å². The molecule has 104 valence electrons. The molecule has 1 saturated heterocycles. The van der Waals surface area contributed by atoms with Gasteiger partial charge < -0.3 is 20.5 Å². The van der Waals surface area contributed by atoms with E-state index in [-0.39, 0.29) is 29.7 Å². The highest BCUT2D eigenvalue weighted by atomic mass is 35.5. The van der Waals surface area contributed by atoms with Crippen LogP contribution in [0.1, 0.15) is 17.3 Å². The van der Waals surface area contributed by atoms with Crippen LogP contribution in [-0.2, 0) is 4.74 Å². The van der Waals surface area contributed by atoms with Crippen molar-refractivity contribution in [2.24, 2.45) is 0 Å². The highest BCUT2D eigenvalue weighted by Crippen LogP contribution is 2.25. The zero-order valence-corrected chi connectivity index (χ0v) is 11.4. The summed E-state index contributed by atoms with van der Waals surface area (Å²) < 4.78 is 5.50. The van der Waals surface area contributed by atoms with Crippen molar-refractivity contribution in [1.82, 2.24) is 4.90 Å². The Balaban J connectivity index is 2.21. The van der Waals surface area contributed by atoms with E-state index in [9.17, 15) is 4.79 Å². The second-order valence-electron chi connectivity index (χ2n) is 4.67. The first-order valence-electron chi connectivity index (χ1n) is 6.12. The summed E-state index contributed by atoms with van der Waals surface area (Å²) in [6.07, 6.45) is -0.470. The molecule has 5 nitrogen and oxygen atoms in total. The molecule has 0 saturated carbocycles. The number of nitrogens with two attached hydrogens (primary N) is 1. The molecule has 1 heterocycles. The van der Waals surface area contributed by atoms with Gasteiger partial charge in [0.05, 0.1) is 35.1 Å². The molecule has 1 fully saturated rings. The molecular formula is C13H17ClN2O3. The van der Waals surface area contributed by atoms with Gasteiger partial charge in [-0.05, 0) is 19.1 Å². The first-order chi connectivity index (χ1) is 9.02. The van der Waals surface area contributed by atoms with Gasteiger partial charge in [0, 0.05) is 13.1 Å². The zero-order chi connectivity index (χ0) is 14.0. The second-order valence-corrected chi connectivity index (χ2v) is 5.05. The van der Waals surface area contributed by atoms with Crippen LogP contribution < -0.4 is 5.73 Å². The molecule has 1 aliphatic rings. The maximum Gasteiger partial charge on any atom is 0.255 e. The number of carbonyl (C=O) groups excluding carboxylic acids is 1. The standard InChI is InChI=1S/C13H17ClN2O3/c1-8-5-16(6-9(7-17)19-8)13(18)10-3-2-4-11(15)12(10)14/h2-4,8-9,17H,5-7,15H2,1H3. The largest absolute Gasteiger partial charge is 0.398 e. The summed E-state index contributed by atoms with van der Waals surface area (Å²) in [5.74, 6) is -0.189. The van der Waals surface area contributed by atoms with E-state index in [2.05, 4.69) is 0 Å². The van der Waals surface area contributed by atoms with Gasteiger partial charge in [-0.15, -0.1) is 0 Å². The summed E-state index contributed by atoms with van der Waals surface area (Å²) in [6.45, 7) is 2.58. The Labute approximate surface area is 116 Å². The van der Waals surface area contributed by atoms with E-state index in [0.29, 0.717) is 24.3 Å². The number of nitrogens with zero attached hydrogens (tertiary/aromatic N) is 1. The Morgan fingerprint density at radius 3 is 3.00 bits per heavy atom. The molecule has 0 radical (unpaired) electrons. The normalized spacial score (nSPS) is 23.4. The number of rotatable bonds is 2. The summed E-state index contributed by atoms with van der Waals surface area (Å²) in [4.78, 5) is 14.1. The van der Waals surface area contributed by atoms with Crippen molar-refractivity contribution in [3.05, 3.63) is 28.8 Å². The van der Waals surface area contributed by atoms with Gasteiger partial charge in [0.1, 0.15) is 0 Å². The number of anilines is 1. The van der Waals surface area contributed by atoms with Crippen molar-refractivity contribution < 1.29 is 14.6 Å². The summed E-state index contributed by atoms with van der Waals surface area (Å²) in [5.41, 5.74) is 6.47. The van der Waals surface area contributed by atoms with Gasteiger partial charge in [0.2, 0.25) is 0 Å². The van der Waals surface area contributed by atoms with Gasteiger partial charge in [-0.3, -0.25) is 4.79 Å². The summed E-state index contributed by atoms with van der Waals surface area (Å²) in [5, 5.41) is 9.44. The van der Waals surface area contributed by atoms with E-state index in [1.165, 1.54) is 0 Å². The average molecular weight is 285 g/mol. The van der Waals surface area contributed by atoms with Gasteiger partial charge in [-0.1, -0.05) is 17.7 Å². The van der Waals surface area contributed by atoms with E-state index >= 15 is 0 Å². The minimum absolute atomic E-state index is 0.112. The number of hydrogen-bond donors (Lipinski definition) is 2. The molecular weight excluding hydrogens is 268 g/mol. The number of benzene rings is 1. The molecule has 6 heteroatoms. The van der Waals surface area contributed by atoms with Crippen LogP contribution in [0.4, 0.5) is 5.69 Å². The maximum absolute atomic E-state index is 12.4. The Morgan fingerprint density at radius 1 is 1.58 bits per heavy atom. The van der Waals surface area contributed by atoms with Gasteiger partial charge in [0.25, 0.3) is 5.91 Å². The first kappa shape index (κ1) is 14.1. The highest BCUT2D eigenvalue weighted by Gasteiger charge is 2.29. The van der Waals surface area contributed by atoms with E-state index in [1.54, 1.807) is 23.1 Å². The molecule has 19 heavy (non-hydrogen) atoms. The van der Waals surface area contributed by atoms with Crippen molar-refractivity contribution in [1.29, 1.82) is 0 Å². The maximum atomic E-state index is 12.4. The van der Waals surface area contributed by atoms with Crippen molar-refractivity contribution in [2.75, 3.05) is 25.4 Å². The van der Waals surface area contributed by atoms with Crippen LogP contribution in [0.2, 0.25) is 5.02 Å². The molecule has 1 aromatic rings. The summed E-state index contributed by atoms with van der Waals surface area (Å²) >= 11 is 6.06. The second kappa shape index (κ2) is 5.77. The van der Waals surface area contributed by atoms with Gasteiger partial charge in [-0.2, -0.15) is 0 Å². The smallest absolute Gasteiger partial charge is 0.255 e. The molecule has 2 rings (SSSR count). The highest BCUT2D eigenvalue weighted by molar-refractivity contribution is 6.36. The molecule has 0 aromatic heterocycles. The van der Waals surface area contributed by atoms with Crippen molar-refractivity contribution in [3.8, 4) is 0 Å². The fourth-order valence-corrected chi connectivity index (χ4v) is 2.40. The third kappa shape index (κ3) is 3.00. The molecule has 1 aromatic carbocycles. The lowest BCUT2D eigenvalue weighted by Crippen LogP contribution is -2.50. The number of morpholine rings is 1. The predicted molar refractivity (Wildman–Crippen MR) is 73.2 cm³/mol. The van der Waals surface area contributed by atoms with Crippen LogP contribution in [0, 0.1) is 0 Å². The monoisotopic (exact) mass is 284 g/mol. The average Bonchev–Trinajstić information content (AvgIpc) is 2.40. The number of aliphatic hydroxyl groups excluding tert-OH is 1. The molecule has 1 amide bonds. The minimum Gasteiger partial charge on any atom is -0.398 e. The Morgan fingerprint density at radius 2 is 2.32 bits per heavy atom.